The normalized spacial score (nSPS) is 15.9. The summed E-state index contributed by atoms with van der Waals surface area (Å²) in [5, 5.41) is 9.65. The molecule has 68 valence electrons. The zero-order chi connectivity index (χ0) is 8.97. The van der Waals surface area contributed by atoms with Gasteiger partial charge in [-0.1, -0.05) is 13.3 Å². The van der Waals surface area contributed by atoms with E-state index in [9.17, 15) is 5.11 Å². The van der Waals surface area contributed by atoms with E-state index in [1.807, 2.05) is 0 Å². The Morgan fingerprint density at radius 3 is 3.00 bits per heavy atom. The molecule has 0 saturated heterocycles. The predicted octanol–water partition coefficient (Wildman–Crippen LogP) is 1.30. The van der Waals surface area contributed by atoms with Crippen molar-refractivity contribution in [2.24, 2.45) is 5.73 Å². The molecule has 3 nitrogen and oxygen atoms in total. The molecule has 0 amide bonds. The van der Waals surface area contributed by atoms with Crippen LogP contribution in [-0.2, 0) is 0 Å². The van der Waals surface area contributed by atoms with Crippen LogP contribution in [0.15, 0.2) is 11.7 Å². The van der Waals surface area contributed by atoms with E-state index >= 15 is 0 Å². The Bertz CT molecular complexity index is 213. The molecule has 12 heavy (non-hydrogen) atoms. The van der Waals surface area contributed by atoms with Gasteiger partial charge in [-0.3, -0.25) is 4.98 Å². The Labute approximate surface area is 76.3 Å². The molecular formula is C8H14N2OS. The van der Waals surface area contributed by atoms with Crippen LogP contribution in [0.5, 0.6) is 0 Å². The second-order valence-electron chi connectivity index (χ2n) is 2.80. The van der Waals surface area contributed by atoms with Crippen molar-refractivity contribution in [1.82, 2.24) is 4.98 Å². The van der Waals surface area contributed by atoms with Gasteiger partial charge in [0, 0.05) is 12.2 Å². The van der Waals surface area contributed by atoms with Crippen molar-refractivity contribution in [3.05, 3.63) is 16.6 Å². The smallest absolute Gasteiger partial charge is 0.105 e. The van der Waals surface area contributed by atoms with E-state index in [1.54, 1.807) is 11.7 Å². The summed E-state index contributed by atoms with van der Waals surface area (Å²) in [6.07, 6.45) is 2.97. The second-order valence-corrected chi connectivity index (χ2v) is 3.72. The number of aliphatic hydroxyl groups excluding tert-OH is 1. The van der Waals surface area contributed by atoms with Gasteiger partial charge in [0.1, 0.15) is 6.10 Å². The largest absolute Gasteiger partial charge is 0.386 e. The molecule has 4 heteroatoms. The van der Waals surface area contributed by atoms with Crippen molar-refractivity contribution in [1.29, 1.82) is 0 Å². The Kier molecular flexibility index (Phi) is 3.65. The number of rotatable bonds is 4. The highest BCUT2D eigenvalue weighted by atomic mass is 32.1. The fourth-order valence-corrected chi connectivity index (χ4v) is 1.75. The standard InChI is InChI=1S/C8H14N2OS/c1-2-3-6(9)8(11)7-4-10-5-12-7/h4-6,8,11H,2-3,9H2,1H3. The Balaban J connectivity index is 2.53. The Morgan fingerprint density at radius 2 is 2.50 bits per heavy atom. The highest BCUT2D eigenvalue weighted by molar-refractivity contribution is 7.09. The van der Waals surface area contributed by atoms with E-state index in [2.05, 4.69) is 11.9 Å². The molecule has 0 bridgehead atoms. The molecule has 2 unspecified atom stereocenters. The van der Waals surface area contributed by atoms with Crippen LogP contribution < -0.4 is 5.73 Å². The summed E-state index contributed by atoms with van der Waals surface area (Å²) in [4.78, 5) is 4.75. The first-order chi connectivity index (χ1) is 5.75. The number of nitrogens with two attached hydrogens (primary N) is 1. The number of thiazole rings is 1. The van der Waals surface area contributed by atoms with Crippen molar-refractivity contribution in [2.45, 2.75) is 31.9 Å². The van der Waals surface area contributed by atoms with Gasteiger partial charge in [0.2, 0.25) is 0 Å². The molecule has 0 radical (unpaired) electrons. The second kappa shape index (κ2) is 4.54. The van der Waals surface area contributed by atoms with Gasteiger partial charge in [-0.15, -0.1) is 11.3 Å². The number of hydrogen-bond acceptors (Lipinski definition) is 4. The molecule has 0 fully saturated rings. The molecule has 1 aromatic rings. The molecule has 3 N–H and O–H groups in total. The van der Waals surface area contributed by atoms with Crippen LogP contribution in [0.2, 0.25) is 0 Å². The Hall–Kier alpha value is -0.450. The molecule has 0 saturated carbocycles. The number of nitrogens with zero attached hydrogens (tertiary/aromatic N) is 1. The molecule has 1 heterocycles. The summed E-state index contributed by atoms with van der Waals surface area (Å²) >= 11 is 1.44. The van der Waals surface area contributed by atoms with Crippen LogP contribution >= 0.6 is 11.3 Å². The third kappa shape index (κ3) is 2.27. The van der Waals surface area contributed by atoms with Crippen LogP contribution in [0, 0.1) is 0 Å². The maximum absolute atomic E-state index is 9.65. The molecule has 0 aliphatic carbocycles. The number of aromatic nitrogens is 1. The molecule has 1 rings (SSSR count). The van der Waals surface area contributed by atoms with Crippen LogP contribution in [0.25, 0.3) is 0 Å². The minimum Gasteiger partial charge on any atom is -0.386 e. The molecular weight excluding hydrogens is 172 g/mol. The average Bonchev–Trinajstić information content (AvgIpc) is 2.55. The van der Waals surface area contributed by atoms with Gasteiger partial charge >= 0.3 is 0 Å². The van der Waals surface area contributed by atoms with Crippen LogP contribution in [0.4, 0.5) is 0 Å². The van der Waals surface area contributed by atoms with E-state index in [1.165, 1.54) is 11.3 Å². The average molecular weight is 186 g/mol. The first-order valence-corrected chi connectivity index (χ1v) is 4.95. The first kappa shape index (κ1) is 9.64. The third-order valence-corrected chi connectivity index (χ3v) is 2.62. The zero-order valence-corrected chi connectivity index (χ0v) is 7.92. The summed E-state index contributed by atoms with van der Waals surface area (Å²) in [6, 6.07) is -0.157. The van der Waals surface area contributed by atoms with Gasteiger partial charge in [0.25, 0.3) is 0 Å². The molecule has 0 aliphatic heterocycles. The summed E-state index contributed by atoms with van der Waals surface area (Å²) in [7, 11) is 0. The van der Waals surface area contributed by atoms with Gasteiger partial charge in [-0.2, -0.15) is 0 Å². The minimum absolute atomic E-state index is 0.157. The number of hydrogen-bond donors (Lipinski definition) is 2. The zero-order valence-electron chi connectivity index (χ0n) is 7.10. The van der Waals surface area contributed by atoms with Crippen molar-refractivity contribution in [2.75, 3.05) is 0 Å². The highest BCUT2D eigenvalue weighted by Crippen LogP contribution is 2.21. The van der Waals surface area contributed by atoms with E-state index in [0.717, 1.165) is 17.7 Å². The maximum Gasteiger partial charge on any atom is 0.105 e. The van der Waals surface area contributed by atoms with Gasteiger partial charge < -0.3 is 10.8 Å². The SMILES string of the molecule is CCCC(N)C(O)c1cncs1. The topological polar surface area (TPSA) is 59.1 Å². The molecule has 1 aromatic heterocycles. The lowest BCUT2D eigenvalue weighted by molar-refractivity contribution is 0.145. The van der Waals surface area contributed by atoms with E-state index in [-0.39, 0.29) is 6.04 Å². The van der Waals surface area contributed by atoms with Crippen LogP contribution in [0.1, 0.15) is 30.7 Å². The number of aliphatic hydroxyl groups is 1. The quantitative estimate of drug-likeness (QED) is 0.745. The summed E-state index contributed by atoms with van der Waals surface area (Å²) < 4.78 is 0. The lowest BCUT2D eigenvalue weighted by Crippen LogP contribution is -2.27. The van der Waals surface area contributed by atoms with Gasteiger partial charge in [0.05, 0.1) is 10.4 Å². The van der Waals surface area contributed by atoms with Crippen molar-refractivity contribution >= 4 is 11.3 Å². The van der Waals surface area contributed by atoms with Crippen molar-refractivity contribution in [3.63, 3.8) is 0 Å². The Morgan fingerprint density at radius 1 is 1.75 bits per heavy atom. The first-order valence-electron chi connectivity index (χ1n) is 4.07. The molecule has 0 aromatic carbocycles. The highest BCUT2D eigenvalue weighted by Gasteiger charge is 2.16. The van der Waals surface area contributed by atoms with E-state index in [4.69, 9.17) is 5.73 Å². The van der Waals surface area contributed by atoms with Crippen molar-refractivity contribution in [3.8, 4) is 0 Å². The van der Waals surface area contributed by atoms with Gasteiger partial charge in [-0.25, -0.2) is 0 Å². The monoisotopic (exact) mass is 186 g/mol. The van der Waals surface area contributed by atoms with Crippen LogP contribution in [0.3, 0.4) is 0 Å². The molecule has 0 aliphatic rings. The predicted molar refractivity (Wildman–Crippen MR) is 50.0 cm³/mol. The molecule has 0 spiro atoms. The summed E-state index contributed by atoms with van der Waals surface area (Å²) in [5.41, 5.74) is 7.45. The summed E-state index contributed by atoms with van der Waals surface area (Å²) in [6.45, 7) is 2.05. The summed E-state index contributed by atoms with van der Waals surface area (Å²) in [5.74, 6) is 0. The maximum atomic E-state index is 9.65. The van der Waals surface area contributed by atoms with Crippen molar-refractivity contribution < 1.29 is 5.11 Å². The fourth-order valence-electron chi connectivity index (χ4n) is 1.07. The third-order valence-electron chi connectivity index (χ3n) is 1.77. The van der Waals surface area contributed by atoms with E-state index in [0.29, 0.717) is 0 Å². The lowest BCUT2D eigenvalue weighted by Gasteiger charge is -2.15. The molecule has 2 atom stereocenters. The fraction of sp³-hybridized carbons (Fsp3) is 0.625. The van der Waals surface area contributed by atoms with Gasteiger partial charge in [-0.05, 0) is 6.42 Å². The lowest BCUT2D eigenvalue weighted by atomic mass is 10.1. The van der Waals surface area contributed by atoms with Crippen LogP contribution in [-0.4, -0.2) is 16.1 Å². The van der Waals surface area contributed by atoms with Gasteiger partial charge in [0.15, 0.2) is 0 Å². The minimum atomic E-state index is -0.544. The van der Waals surface area contributed by atoms with E-state index < -0.39 is 6.10 Å².